The lowest BCUT2D eigenvalue weighted by atomic mass is 9.84. The smallest absolute Gasteiger partial charge is 0.222 e. The van der Waals surface area contributed by atoms with Gasteiger partial charge >= 0.3 is 0 Å². The van der Waals surface area contributed by atoms with E-state index in [4.69, 9.17) is 16.3 Å². The first kappa shape index (κ1) is 14.1. The van der Waals surface area contributed by atoms with Crippen LogP contribution < -0.4 is 0 Å². The Kier molecular flexibility index (Phi) is 5.31. The summed E-state index contributed by atoms with van der Waals surface area (Å²) in [5, 5.41) is 0.342. The van der Waals surface area contributed by atoms with Crippen molar-refractivity contribution in [1.82, 2.24) is 4.90 Å². The molecule has 104 valence electrons. The van der Waals surface area contributed by atoms with Gasteiger partial charge in [0.2, 0.25) is 5.91 Å². The number of carbonyl (C=O) groups is 1. The molecule has 1 aliphatic carbocycles. The molecule has 18 heavy (non-hydrogen) atoms. The molecule has 0 radical (unpaired) electrons. The average Bonchev–Trinajstić information content (AvgIpc) is 2.35. The standard InChI is InChI=1S/C14H24ClNO2/c1-16(10-11-8-12(15)9-11)14(17)6-5-13-4-2-3-7-18-13/h11-13H,2-10H2,1H3. The first-order valence-corrected chi connectivity index (χ1v) is 7.58. The second kappa shape index (κ2) is 6.76. The van der Waals surface area contributed by atoms with Gasteiger partial charge in [0, 0.05) is 32.0 Å². The molecule has 0 N–H and O–H groups in total. The van der Waals surface area contributed by atoms with E-state index in [-0.39, 0.29) is 5.91 Å². The second-order valence-corrected chi connectivity index (χ2v) is 6.35. The van der Waals surface area contributed by atoms with Crippen molar-refractivity contribution in [3.8, 4) is 0 Å². The third-order valence-corrected chi connectivity index (χ3v) is 4.45. The molecule has 1 saturated carbocycles. The molecule has 4 heteroatoms. The molecule has 0 bridgehead atoms. The Morgan fingerprint density at radius 1 is 1.39 bits per heavy atom. The van der Waals surface area contributed by atoms with Crippen molar-refractivity contribution < 1.29 is 9.53 Å². The Hall–Kier alpha value is -0.280. The monoisotopic (exact) mass is 273 g/mol. The van der Waals surface area contributed by atoms with Crippen LogP contribution in [0, 0.1) is 5.92 Å². The van der Waals surface area contributed by atoms with E-state index in [1.54, 1.807) is 0 Å². The van der Waals surface area contributed by atoms with Gasteiger partial charge in [0.05, 0.1) is 6.10 Å². The topological polar surface area (TPSA) is 29.5 Å². The van der Waals surface area contributed by atoms with Crippen molar-refractivity contribution in [2.24, 2.45) is 5.92 Å². The van der Waals surface area contributed by atoms with Gasteiger partial charge in [-0.1, -0.05) is 0 Å². The molecule has 0 aromatic carbocycles. The zero-order chi connectivity index (χ0) is 13.0. The fourth-order valence-electron chi connectivity index (χ4n) is 2.80. The lowest BCUT2D eigenvalue weighted by Gasteiger charge is -2.34. The number of halogens is 1. The maximum Gasteiger partial charge on any atom is 0.222 e. The van der Waals surface area contributed by atoms with E-state index in [0.29, 0.717) is 23.8 Å². The highest BCUT2D eigenvalue weighted by Crippen LogP contribution is 2.32. The number of alkyl halides is 1. The summed E-state index contributed by atoms with van der Waals surface area (Å²) in [5.41, 5.74) is 0. The Bertz CT molecular complexity index is 273. The highest BCUT2D eigenvalue weighted by Gasteiger charge is 2.29. The minimum Gasteiger partial charge on any atom is -0.378 e. The second-order valence-electron chi connectivity index (χ2n) is 5.74. The summed E-state index contributed by atoms with van der Waals surface area (Å²) in [6.07, 6.45) is 7.47. The number of hydrogen-bond donors (Lipinski definition) is 0. The fraction of sp³-hybridized carbons (Fsp3) is 0.929. The van der Waals surface area contributed by atoms with Crippen molar-refractivity contribution >= 4 is 17.5 Å². The molecule has 2 fully saturated rings. The van der Waals surface area contributed by atoms with E-state index < -0.39 is 0 Å². The quantitative estimate of drug-likeness (QED) is 0.721. The van der Waals surface area contributed by atoms with Gasteiger partial charge in [-0.05, 0) is 44.4 Å². The minimum absolute atomic E-state index is 0.252. The van der Waals surface area contributed by atoms with E-state index in [1.165, 1.54) is 12.8 Å². The summed E-state index contributed by atoms with van der Waals surface area (Å²) in [5.74, 6) is 0.870. The predicted octanol–water partition coefficient (Wildman–Crippen LogP) is 2.81. The molecule has 1 saturated heterocycles. The van der Waals surface area contributed by atoms with Crippen molar-refractivity contribution in [3.05, 3.63) is 0 Å². The van der Waals surface area contributed by atoms with Crippen LogP contribution in [-0.4, -0.2) is 42.5 Å². The van der Waals surface area contributed by atoms with Crippen LogP contribution in [-0.2, 0) is 9.53 Å². The molecular formula is C14H24ClNO2. The molecule has 0 aromatic heterocycles. The van der Waals surface area contributed by atoms with Gasteiger partial charge < -0.3 is 9.64 Å². The van der Waals surface area contributed by atoms with Crippen LogP contribution in [0.15, 0.2) is 0 Å². The van der Waals surface area contributed by atoms with Gasteiger partial charge in [0.25, 0.3) is 0 Å². The van der Waals surface area contributed by atoms with Crippen LogP contribution in [0.25, 0.3) is 0 Å². The van der Waals surface area contributed by atoms with Crippen LogP contribution in [0.5, 0.6) is 0 Å². The van der Waals surface area contributed by atoms with E-state index in [1.807, 2.05) is 11.9 Å². The van der Waals surface area contributed by atoms with Crippen LogP contribution >= 0.6 is 11.6 Å². The molecule has 3 nitrogen and oxygen atoms in total. The summed E-state index contributed by atoms with van der Waals surface area (Å²) >= 11 is 5.95. The first-order chi connectivity index (χ1) is 8.65. The van der Waals surface area contributed by atoms with Crippen LogP contribution in [0.3, 0.4) is 0 Å². The molecule has 2 rings (SSSR count). The van der Waals surface area contributed by atoms with Crippen molar-refractivity contribution in [1.29, 1.82) is 0 Å². The van der Waals surface area contributed by atoms with Gasteiger partial charge in [0.15, 0.2) is 0 Å². The van der Waals surface area contributed by atoms with Gasteiger partial charge in [-0.3, -0.25) is 4.79 Å². The summed E-state index contributed by atoms with van der Waals surface area (Å²) < 4.78 is 5.65. The van der Waals surface area contributed by atoms with Crippen molar-refractivity contribution in [3.63, 3.8) is 0 Å². The van der Waals surface area contributed by atoms with Crippen LogP contribution in [0.4, 0.5) is 0 Å². The Morgan fingerprint density at radius 3 is 2.78 bits per heavy atom. The Balaban J connectivity index is 1.61. The van der Waals surface area contributed by atoms with Crippen LogP contribution in [0.2, 0.25) is 0 Å². The van der Waals surface area contributed by atoms with Crippen molar-refractivity contribution in [2.75, 3.05) is 20.2 Å². The van der Waals surface area contributed by atoms with Crippen molar-refractivity contribution in [2.45, 2.75) is 56.4 Å². The number of amides is 1. The number of nitrogens with zero attached hydrogens (tertiary/aromatic N) is 1. The lowest BCUT2D eigenvalue weighted by Crippen LogP contribution is -2.38. The SMILES string of the molecule is CN(CC1CC(Cl)C1)C(=O)CCC1CCCCO1. The summed E-state index contributed by atoms with van der Waals surface area (Å²) in [6.45, 7) is 1.74. The Labute approximate surface area is 115 Å². The van der Waals surface area contributed by atoms with Gasteiger partial charge in [0.1, 0.15) is 0 Å². The molecule has 1 heterocycles. The lowest BCUT2D eigenvalue weighted by molar-refractivity contribution is -0.131. The largest absolute Gasteiger partial charge is 0.378 e. The zero-order valence-corrected chi connectivity index (χ0v) is 12.0. The van der Waals surface area contributed by atoms with Gasteiger partial charge in [-0.2, -0.15) is 0 Å². The summed E-state index contributed by atoms with van der Waals surface area (Å²) in [4.78, 5) is 13.9. The van der Waals surface area contributed by atoms with Crippen LogP contribution in [0.1, 0.15) is 44.9 Å². The number of hydrogen-bond acceptors (Lipinski definition) is 2. The number of carbonyl (C=O) groups excluding carboxylic acids is 1. The molecule has 1 unspecified atom stereocenters. The minimum atomic E-state index is 0.252. The predicted molar refractivity (Wildman–Crippen MR) is 72.8 cm³/mol. The molecule has 1 atom stereocenters. The summed E-state index contributed by atoms with van der Waals surface area (Å²) in [6, 6.07) is 0. The van der Waals surface area contributed by atoms with E-state index in [2.05, 4.69) is 0 Å². The number of rotatable bonds is 5. The normalized spacial score (nSPS) is 31.8. The third kappa shape index (κ3) is 4.13. The molecule has 2 aliphatic rings. The highest BCUT2D eigenvalue weighted by molar-refractivity contribution is 6.21. The number of ether oxygens (including phenoxy) is 1. The fourth-order valence-corrected chi connectivity index (χ4v) is 3.31. The average molecular weight is 274 g/mol. The maximum absolute atomic E-state index is 12.0. The Morgan fingerprint density at radius 2 is 2.17 bits per heavy atom. The van der Waals surface area contributed by atoms with Gasteiger partial charge in [-0.15, -0.1) is 11.6 Å². The first-order valence-electron chi connectivity index (χ1n) is 7.15. The molecule has 0 aromatic rings. The molecule has 1 amide bonds. The maximum atomic E-state index is 12.0. The third-order valence-electron chi connectivity index (χ3n) is 4.09. The van der Waals surface area contributed by atoms with E-state index >= 15 is 0 Å². The zero-order valence-electron chi connectivity index (χ0n) is 11.2. The molecular weight excluding hydrogens is 250 g/mol. The van der Waals surface area contributed by atoms with E-state index in [9.17, 15) is 4.79 Å². The summed E-state index contributed by atoms with van der Waals surface area (Å²) in [7, 11) is 1.91. The molecule has 1 aliphatic heterocycles. The highest BCUT2D eigenvalue weighted by atomic mass is 35.5. The van der Waals surface area contributed by atoms with E-state index in [0.717, 1.165) is 38.8 Å². The molecule has 0 spiro atoms. The van der Waals surface area contributed by atoms with Gasteiger partial charge in [-0.25, -0.2) is 0 Å².